The number of carbonyl (C=O) groups is 3. The van der Waals surface area contributed by atoms with Crippen molar-refractivity contribution in [3.8, 4) is 6.07 Å². The van der Waals surface area contributed by atoms with Gasteiger partial charge in [-0.25, -0.2) is 9.59 Å². The van der Waals surface area contributed by atoms with Gasteiger partial charge in [0.05, 0.1) is 23.8 Å². The van der Waals surface area contributed by atoms with Gasteiger partial charge in [-0.2, -0.15) is 5.26 Å². The van der Waals surface area contributed by atoms with Crippen LogP contribution in [0.1, 0.15) is 44.6 Å². The van der Waals surface area contributed by atoms with Gasteiger partial charge in [-0.15, -0.1) is 0 Å². The molecular weight excluding hydrogens is 350 g/mol. The summed E-state index contributed by atoms with van der Waals surface area (Å²) < 4.78 is 9.98. The van der Waals surface area contributed by atoms with Gasteiger partial charge in [0.1, 0.15) is 5.69 Å². The fourth-order valence-electron chi connectivity index (χ4n) is 2.53. The van der Waals surface area contributed by atoms with E-state index in [1.54, 1.807) is 39.0 Å². The van der Waals surface area contributed by atoms with Crippen molar-refractivity contribution in [3.63, 3.8) is 0 Å². The number of nitrogens with zero attached hydrogens (tertiary/aromatic N) is 1. The minimum absolute atomic E-state index is 0.180. The Balaban J connectivity index is 2.02. The number of rotatable bonds is 6. The van der Waals surface area contributed by atoms with E-state index in [1.807, 2.05) is 6.07 Å². The average molecular weight is 369 g/mol. The highest BCUT2D eigenvalue weighted by atomic mass is 16.5. The predicted octanol–water partition coefficient (Wildman–Crippen LogP) is 2.48. The third-order valence-electron chi connectivity index (χ3n) is 3.73. The van der Waals surface area contributed by atoms with Gasteiger partial charge < -0.3 is 19.8 Å². The number of ether oxygens (including phenoxy) is 2. The molecule has 2 N–H and O–H groups in total. The van der Waals surface area contributed by atoms with Crippen LogP contribution in [0.5, 0.6) is 0 Å². The second-order valence-electron chi connectivity index (χ2n) is 5.66. The number of amides is 1. The van der Waals surface area contributed by atoms with Gasteiger partial charge in [-0.1, -0.05) is 6.07 Å². The summed E-state index contributed by atoms with van der Waals surface area (Å²) in [6.07, 6.45) is 0. The molecule has 1 amide bonds. The first-order valence-corrected chi connectivity index (χ1v) is 8.20. The summed E-state index contributed by atoms with van der Waals surface area (Å²) in [5, 5.41) is 11.4. The highest BCUT2D eigenvalue weighted by Crippen LogP contribution is 2.20. The van der Waals surface area contributed by atoms with Crippen molar-refractivity contribution in [3.05, 3.63) is 52.3 Å². The number of hydrogen-bond donors (Lipinski definition) is 2. The Hall–Kier alpha value is -3.60. The maximum atomic E-state index is 12.3. The molecule has 1 aromatic heterocycles. The van der Waals surface area contributed by atoms with Crippen LogP contribution in [0.15, 0.2) is 24.3 Å². The molecule has 0 saturated heterocycles. The van der Waals surface area contributed by atoms with Crippen LogP contribution in [0.2, 0.25) is 0 Å². The molecule has 0 aliphatic carbocycles. The van der Waals surface area contributed by atoms with Gasteiger partial charge in [0, 0.05) is 11.4 Å². The van der Waals surface area contributed by atoms with Crippen LogP contribution in [0.25, 0.3) is 0 Å². The molecule has 0 spiro atoms. The van der Waals surface area contributed by atoms with Crippen molar-refractivity contribution >= 4 is 23.5 Å². The maximum Gasteiger partial charge on any atom is 0.355 e. The molecule has 0 radical (unpaired) electrons. The lowest BCUT2D eigenvalue weighted by molar-refractivity contribution is -0.119. The molecule has 27 heavy (non-hydrogen) atoms. The smallest absolute Gasteiger partial charge is 0.355 e. The Morgan fingerprint density at radius 3 is 2.59 bits per heavy atom. The molecule has 8 heteroatoms. The van der Waals surface area contributed by atoms with Crippen LogP contribution in [0.4, 0.5) is 5.69 Å². The molecule has 0 atom stereocenters. The fourth-order valence-corrected chi connectivity index (χ4v) is 2.53. The van der Waals surface area contributed by atoms with Crippen LogP contribution in [-0.2, 0) is 14.3 Å². The Bertz CT molecular complexity index is 924. The highest BCUT2D eigenvalue weighted by Gasteiger charge is 2.24. The van der Waals surface area contributed by atoms with Gasteiger partial charge in [0.15, 0.2) is 6.61 Å². The molecule has 1 heterocycles. The first kappa shape index (κ1) is 19.7. The largest absolute Gasteiger partial charge is 0.461 e. The minimum atomic E-state index is -0.724. The van der Waals surface area contributed by atoms with Gasteiger partial charge in [0.2, 0.25) is 0 Å². The molecule has 1 aromatic carbocycles. The van der Waals surface area contributed by atoms with Crippen molar-refractivity contribution in [2.45, 2.75) is 20.8 Å². The molecule has 0 unspecified atom stereocenters. The van der Waals surface area contributed by atoms with Crippen LogP contribution in [0.3, 0.4) is 0 Å². The van der Waals surface area contributed by atoms with E-state index in [1.165, 1.54) is 6.07 Å². The lowest BCUT2D eigenvalue weighted by Crippen LogP contribution is -2.21. The van der Waals surface area contributed by atoms with Gasteiger partial charge >= 0.3 is 11.9 Å². The number of nitriles is 1. The van der Waals surface area contributed by atoms with E-state index >= 15 is 0 Å². The van der Waals surface area contributed by atoms with E-state index < -0.39 is 24.5 Å². The van der Waals surface area contributed by atoms with E-state index in [-0.39, 0.29) is 17.9 Å². The third-order valence-corrected chi connectivity index (χ3v) is 3.73. The highest BCUT2D eigenvalue weighted by molar-refractivity contribution is 6.00. The Morgan fingerprint density at radius 2 is 1.93 bits per heavy atom. The van der Waals surface area contributed by atoms with Gasteiger partial charge in [0.25, 0.3) is 5.91 Å². The van der Waals surface area contributed by atoms with E-state index in [0.29, 0.717) is 22.5 Å². The first-order valence-electron chi connectivity index (χ1n) is 8.20. The average Bonchev–Trinajstić information content (AvgIpc) is 2.94. The van der Waals surface area contributed by atoms with E-state index in [2.05, 4.69) is 10.3 Å². The second-order valence-corrected chi connectivity index (χ2v) is 5.66. The lowest BCUT2D eigenvalue weighted by atomic mass is 10.1. The topological polar surface area (TPSA) is 121 Å². The van der Waals surface area contributed by atoms with Crippen molar-refractivity contribution in [2.24, 2.45) is 0 Å². The number of aromatic nitrogens is 1. The number of nitrogens with one attached hydrogen (secondary N) is 2. The zero-order chi connectivity index (χ0) is 20.0. The summed E-state index contributed by atoms with van der Waals surface area (Å²) in [4.78, 5) is 39.0. The molecule has 0 bridgehead atoms. The molecule has 0 fully saturated rings. The normalized spacial score (nSPS) is 10.0. The Morgan fingerprint density at radius 1 is 1.19 bits per heavy atom. The SMILES string of the molecule is CCOC(=O)c1[nH]c(C)c(C(=O)OCC(=O)Nc2cccc(C#N)c2)c1C. The van der Waals surface area contributed by atoms with Gasteiger partial charge in [-0.05, 0) is 44.5 Å². The van der Waals surface area contributed by atoms with E-state index in [4.69, 9.17) is 14.7 Å². The molecule has 0 saturated carbocycles. The molecule has 140 valence electrons. The molecule has 8 nitrogen and oxygen atoms in total. The monoisotopic (exact) mass is 369 g/mol. The van der Waals surface area contributed by atoms with Crippen molar-refractivity contribution in [2.75, 3.05) is 18.5 Å². The zero-order valence-corrected chi connectivity index (χ0v) is 15.2. The van der Waals surface area contributed by atoms with Crippen molar-refractivity contribution < 1.29 is 23.9 Å². The van der Waals surface area contributed by atoms with E-state index in [0.717, 1.165) is 0 Å². The molecular formula is C19H19N3O5. The number of H-pyrrole nitrogens is 1. The van der Waals surface area contributed by atoms with Crippen LogP contribution in [-0.4, -0.2) is 36.0 Å². The fraction of sp³-hybridized carbons (Fsp3) is 0.263. The van der Waals surface area contributed by atoms with Crippen molar-refractivity contribution in [1.29, 1.82) is 5.26 Å². The minimum Gasteiger partial charge on any atom is -0.461 e. The van der Waals surface area contributed by atoms with Crippen LogP contribution in [0, 0.1) is 25.2 Å². The molecule has 2 rings (SSSR count). The van der Waals surface area contributed by atoms with Crippen LogP contribution < -0.4 is 5.32 Å². The summed E-state index contributed by atoms with van der Waals surface area (Å²) in [5.74, 6) is -1.83. The number of aromatic amines is 1. The van der Waals surface area contributed by atoms with Crippen molar-refractivity contribution in [1.82, 2.24) is 4.98 Å². The number of carbonyl (C=O) groups excluding carboxylic acids is 3. The predicted molar refractivity (Wildman–Crippen MR) is 96.3 cm³/mol. The molecule has 2 aromatic rings. The number of hydrogen-bond acceptors (Lipinski definition) is 6. The number of benzene rings is 1. The standard InChI is InChI=1S/C19H19N3O5/c1-4-26-19(25)17-11(2)16(12(3)21-17)18(24)27-10-15(23)22-14-7-5-6-13(8-14)9-20/h5-8,21H,4,10H2,1-3H3,(H,22,23). The number of aryl methyl sites for hydroxylation is 1. The first-order chi connectivity index (χ1) is 12.9. The summed E-state index contributed by atoms with van der Waals surface area (Å²) in [7, 11) is 0. The van der Waals surface area contributed by atoms with Gasteiger partial charge in [-0.3, -0.25) is 4.79 Å². The zero-order valence-electron chi connectivity index (χ0n) is 15.2. The van der Waals surface area contributed by atoms with E-state index in [9.17, 15) is 14.4 Å². The third kappa shape index (κ3) is 4.73. The summed E-state index contributed by atoms with van der Waals surface area (Å²) in [6, 6.07) is 8.32. The Labute approximate surface area is 156 Å². The molecule has 0 aliphatic heterocycles. The lowest BCUT2D eigenvalue weighted by Gasteiger charge is -2.07. The Kier molecular flexibility index (Phi) is 6.33. The van der Waals surface area contributed by atoms with Crippen LogP contribution >= 0.6 is 0 Å². The molecule has 0 aliphatic rings. The maximum absolute atomic E-state index is 12.3. The summed E-state index contributed by atoms with van der Waals surface area (Å²) in [6.45, 7) is 4.61. The number of anilines is 1. The number of esters is 2. The second kappa shape index (κ2) is 8.67. The summed E-state index contributed by atoms with van der Waals surface area (Å²) in [5.41, 5.74) is 2.04. The summed E-state index contributed by atoms with van der Waals surface area (Å²) >= 11 is 0. The quantitative estimate of drug-likeness (QED) is 0.755.